The smallest absolute Gasteiger partial charge is 0.0951 e. The average molecular weight is 269 g/mol. The maximum absolute atomic E-state index is 6.05. The molecule has 1 aliphatic heterocycles. The second-order valence-electron chi connectivity index (χ2n) is 5.77. The van der Waals surface area contributed by atoms with E-state index in [4.69, 9.17) is 5.73 Å². The van der Waals surface area contributed by atoms with Crippen LogP contribution in [-0.4, -0.2) is 18.1 Å². The van der Waals surface area contributed by atoms with Gasteiger partial charge in [-0.15, -0.1) is 0 Å². The molecule has 106 valence electrons. The monoisotopic (exact) mass is 269 g/mol. The van der Waals surface area contributed by atoms with E-state index in [1.54, 1.807) is 0 Å². The highest BCUT2D eigenvalue weighted by atomic mass is 15.1. The van der Waals surface area contributed by atoms with E-state index < -0.39 is 0 Å². The van der Waals surface area contributed by atoms with E-state index in [0.29, 0.717) is 0 Å². The summed E-state index contributed by atoms with van der Waals surface area (Å²) in [5.74, 6) is 0.887. The molecule has 3 nitrogen and oxygen atoms in total. The number of benzene rings is 1. The number of pyridine rings is 1. The first-order valence-corrected chi connectivity index (χ1v) is 7.67. The van der Waals surface area contributed by atoms with Crippen LogP contribution in [0.3, 0.4) is 0 Å². The Morgan fingerprint density at radius 2 is 2.15 bits per heavy atom. The molecule has 1 unspecified atom stereocenters. The Morgan fingerprint density at radius 3 is 3.00 bits per heavy atom. The third-order valence-electron chi connectivity index (χ3n) is 4.54. The molecule has 0 saturated carbocycles. The van der Waals surface area contributed by atoms with Crippen molar-refractivity contribution in [3.63, 3.8) is 0 Å². The van der Waals surface area contributed by atoms with Gasteiger partial charge in [-0.1, -0.05) is 25.5 Å². The molecular weight excluding hydrogens is 246 g/mol. The Morgan fingerprint density at radius 1 is 1.25 bits per heavy atom. The zero-order valence-corrected chi connectivity index (χ0v) is 12.2. The third-order valence-corrected chi connectivity index (χ3v) is 4.54. The normalized spacial score (nSPS) is 20.1. The molecular formula is C17H23N3. The van der Waals surface area contributed by atoms with Crippen molar-refractivity contribution in [3.8, 4) is 0 Å². The van der Waals surface area contributed by atoms with Crippen LogP contribution in [-0.2, 0) is 0 Å². The van der Waals surface area contributed by atoms with Crippen LogP contribution < -0.4 is 10.6 Å². The molecule has 1 aromatic carbocycles. The number of para-hydroxylation sites is 1. The van der Waals surface area contributed by atoms with Gasteiger partial charge in [0.2, 0.25) is 0 Å². The van der Waals surface area contributed by atoms with Gasteiger partial charge in [-0.2, -0.15) is 0 Å². The summed E-state index contributed by atoms with van der Waals surface area (Å²) in [7, 11) is 0. The number of fused-ring (bicyclic) bond motifs is 1. The molecule has 3 heteroatoms. The Bertz CT molecular complexity index is 594. The van der Waals surface area contributed by atoms with Crippen LogP contribution in [0.4, 0.5) is 11.4 Å². The lowest BCUT2D eigenvalue weighted by molar-refractivity contribution is 0.459. The van der Waals surface area contributed by atoms with E-state index in [1.165, 1.54) is 36.8 Å². The van der Waals surface area contributed by atoms with Crippen molar-refractivity contribution < 1.29 is 0 Å². The fraction of sp³-hybridized carbons (Fsp3) is 0.471. The number of nitrogens with two attached hydrogens (primary N) is 1. The summed E-state index contributed by atoms with van der Waals surface area (Å²) in [6.45, 7) is 4.60. The van der Waals surface area contributed by atoms with Crippen molar-refractivity contribution in [1.82, 2.24) is 4.98 Å². The largest absolute Gasteiger partial charge is 0.397 e. The Kier molecular flexibility index (Phi) is 3.77. The number of rotatable bonds is 2. The van der Waals surface area contributed by atoms with Crippen LogP contribution in [0.15, 0.2) is 30.5 Å². The van der Waals surface area contributed by atoms with Gasteiger partial charge < -0.3 is 10.6 Å². The SMILES string of the molecule is CCC1CCCN(c2ccnc3c(N)cccc23)CC1. The van der Waals surface area contributed by atoms with Crippen LogP contribution in [0.25, 0.3) is 10.9 Å². The van der Waals surface area contributed by atoms with Gasteiger partial charge in [0.1, 0.15) is 0 Å². The number of nitrogen functional groups attached to an aromatic ring is 1. The zero-order valence-electron chi connectivity index (χ0n) is 12.2. The number of nitrogens with zero attached hydrogens (tertiary/aromatic N) is 2. The Hall–Kier alpha value is -1.77. The number of aromatic nitrogens is 1. The van der Waals surface area contributed by atoms with Gasteiger partial charge in [-0.05, 0) is 37.3 Å². The van der Waals surface area contributed by atoms with Crippen LogP contribution in [0.2, 0.25) is 0 Å². The van der Waals surface area contributed by atoms with Crippen LogP contribution in [0, 0.1) is 5.92 Å². The molecule has 1 aromatic heterocycles. The molecule has 1 aliphatic rings. The minimum absolute atomic E-state index is 0.769. The third kappa shape index (κ3) is 2.45. The molecule has 20 heavy (non-hydrogen) atoms. The molecule has 2 aromatic rings. The highest BCUT2D eigenvalue weighted by molar-refractivity contribution is 5.98. The van der Waals surface area contributed by atoms with Gasteiger partial charge in [0, 0.05) is 30.4 Å². The quantitative estimate of drug-likeness (QED) is 0.842. The number of anilines is 2. The first-order valence-electron chi connectivity index (χ1n) is 7.67. The van der Waals surface area contributed by atoms with E-state index in [-0.39, 0.29) is 0 Å². The minimum atomic E-state index is 0.769. The Labute approximate surface area is 120 Å². The summed E-state index contributed by atoms with van der Waals surface area (Å²) in [4.78, 5) is 6.95. The molecule has 0 aliphatic carbocycles. The van der Waals surface area contributed by atoms with Gasteiger partial charge >= 0.3 is 0 Å². The standard InChI is InChI=1S/C17H23N3/c1-2-13-5-4-11-20(12-9-13)16-8-10-19-17-14(16)6-3-7-15(17)18/h3,6-8,10,13H,2,4-5,9,11-12,18H2,1H3. The second kappa shape index (κ2) is 5.70. The molecule has 0 radical (unpaired) electrons. The maximum Gasteiger partial charge on any atom is 0.0951 e. The first-order chi connectivity index (χ1) is 9.79. The average Bonchev–Trinajstić information content (AvgIpc) is 2.72. The Balaban J connectivity index is 1.96. The van der Waals surface area contributed by atoms with Crippen molar-refractivity contribution >= 4 is 22.3 Å². The molecule has 0 amide bonds. The molecule has 1 atom stereocenters. The van der Waals surface area contributed by atoms with Crippen molar-refractivity contribution in [3.05, 3.63) is 30.5 Å². The van der Waals surface area contributed by atoms with Crippen molar-refractivity contribution in [1.29, 1.82) is 0 Å². The molecule has 2 heterocycles. The summed E-state index contributed by atoms with van der Waals surface area (Å²) in [5.41, 5.74) is 9.04. The molecule has 0 spiro atoms. The number of hydrogen-bond donors (Lipinski definition) is 1. The van der Waals surface area contributed by atoms with Crippen LogP contribution in [0.1, 0.15) is 32.6 Å². The van der Waals surface area contributed by atoms with Crippen molar-refractivity contribution in [2.24, 2.45) is 5.92 Å². The summed E-state index contributed by atoms with van der Waals surface area (Å²) in [6.07, 6.45) is 7.12. The summed E-state index contributed by atoms with van der Waals surface area (Å²) < 4.78 is 0. The van der Waals surface area contributed by atoms with Gasteiger partial charge in [0.25, 0.3) is 0 Å². The van der Waals surface area contributed by atoms with Crippen molar-refractivity contribution in [2.45, 2.75) is 32.6 Å². The predicted molar refractivity (Wildman–Crippen MR) is 86.0 cm³/mol. The molecule has 2 N–H and O–H groups in total. The van der Waals surface area contributed by atoms with Gasteiger partial charge in [-0.25, -0.2) is 0 Å². The lowest BCUT2D eigenvalue weighted by Gasteiger charge is -2.24. The minimum Gasteiger partial charge on any atom is -0.397 e. The van der Waals surface area contributed by atoms with Crippen molar-refractivity contribution in [2.75, 3.05) is 23.7 Å². The van der Waals surface area contributed by atoms with Crippen LogP contribution in [0.5, 0.6) is 0 Å². The predicted octanol–water partition coefficient (Wildman–Crippen LogP) is 3.83. The fourth-order valence-electron chi connectivity index (χ4n) is 3.27. The lowest BCUT2D eigenvalue weighted by atomic mass is 9.98. The van der Waals surface area contributed by atoms with Gasteiger partial charge in [0.05, 0.1) is 11.2 Å². The lowest BCUT2D eigenvalue weighted by Crippen LogP contribution is -2.24. The van der Waals surface area contributed by atoms with E-state index in [2.05, 4.69) is 28.9 Å². The fourth-order valence-corrected chi connectivity index (χ4v) is 3.27. The molecule has 0 bridgehead atoms. The molecule has 1 fully saturated rings. The van der Waals surface area contributed by atoms with Gasteiger partial charge in [0.15, 0.2) is 0 Å². The maximum atomic E-state index is 6.05. The highest BCUT2D eigenvalue weighted by Gasteiger charge is 2.17. The van der Waals surface area contributed by atoms with E-state index >= 15 is 0 Å². The second-order valence-corrected chi connectivity index (χ2v) is 5.77. The summed E-state index contributed by atoms with van der Waals surface area (Å²) in [5, 5.41) is 1.18. The zero-order chi connectivity index (χ0) is 13.9. The molecule has 3 rings (SSSR count). The highest BCUT2D eigenvalue weighted by Crippen LogP contribution is 2.31. The van der Waals surface area contributed by atoms with E-state index in [0.717, 1.165) is 30.2 Å². The summed E-state index contributed by atoms with van der Waals surface area (Å²) >= 11 is 0. The molecule has 1 saturated heterocycles. The van der Waals surface area contributed by atoms with Gasteiger partial charge in [-0.3, -0.25) is 4.98 Å². The summed E-state index contributed by atoms with van der Waals surface area (Å²) in [6, 6.07) is 8.22. The van der Waals surface area contributed by atoms with Crippen LogP contribution >= 0.6 is 0 Å². The number of hydrogen-bond acceptors (Lipinski definition) is 3. The first kappa shape index (κ1) is 13.2. The van der Waals surface area contributed by atoms with E-state index in [9.17, 15) is 0 Å². The topological polar surface area (TPSA) is 42.2 Å². The van der Waals surface area contributed by atoms with E-state index in [1.807, 2.05) is 18.3 Å².